The first-order valence-electron chi connectivity index (χ1n) is 13.5. The molecule has 1 N–H and O–H groups in total. The van der Waals surface area contributed by atoms with Crippen LogP contribution in [0.3, 0.4) is 0 Å². The molecule has 206 valence electrons. The molecule has 1 aliphatic rings. The van der Waals surface area contributed by atoms with Crippen LogP contribution in [0.4, 0.5) is 4.79 Å². The Labute approximate surface area is 238 Å². The summed E-state index contributed by atoms with van der Waals surface area (Å²) in [6.07, 6.45) is 8.03. The fourth-order valence-electron chi connectivity index (χ4n) is 5.09. The van der Waals surface area contributed by atoms with Gasteiger partial charge in [-0.3, -0.25) is 0 Å². The van der Waals surface area contributed by atoms with Crippen LogP contribution in [0.2, 0.25) is 0 Å². The highest BCUT2D eigenvalue weighted by Gasteiger charge is 2.44. The minimum atomic E-state index is -1.27. The third kappa shape index (κ3) is 7.27. The number of hydrogen-bond acceptors (Lipinski definition) is 6. The second kappa shape index (κ2) is 12.8. The smallest absolute Gasteiger partial charge is 0.410 e. The highest BCUT2D eigenvalue weighted by molar-refractivity contribution is 9.09. The molecule has 0 radical (unpaired) electrons. The van der Waals surface area contributed by atoms with Crippen molar-refractivity contribution in [2.24, 2.45) is 5.92 Å². The van der Waals surface area contributed by atoms with Gasteiger partial charge in [0.15, 0.2) is 5.60 Å². The molecule has 2 heterocycles. The van der Waals surface area contributed by atoms with Crippen LogP contribution in [0.25, 0.3) is 0 Å². The molecule has 1 atom stereocenters. The minimum absolute atomic E-state index is 0.0518. The number of amides is 1. The summed E-state index contributed by atoms with van der Waals surface area (Å²) >= 11 is 5.15. The van der Waals surface area contributed by atoms with Crippen LogP contribution in [0.15, 0.2) is 52.4 Å². The van der Waals surface area contributed by atoms with Crippen molar-refractivity contribution in [3.63, 3.8) is 0 Å². The first-order chi connectivity index (χ1) is 18.2. The number of nitrogens with zero attached hydrogens (tertiary/aromatic N) is 2. The lowest BCUT2D eigenvalue weighted by Crippen LogP contribution is -2.38. The van der Waals surface area contributed by atoms with Crippen LogP contribution in [0.5, 0.6) is 0 Å². The number of halogens is 1. The molecular weight excluding hydrogens is 564 g/mol. The van der Waals surface area contributed by atoms with Gasteiger partial charge in [-0.15, -0.1) is 11.3 Å². The van der Waals surface area contributed by atoms with E-state index in [1.807, 2.05) is 51.1 Å². The van der Waals surface area contributed by atoms with E-state index in [1.54, 1.807) is 22.4 Å². The van der Waals surface area contributed by atoms with Gasteiger partial charge in [-0.1, -0.05) is 65.5 Å². The summed E-state index contributed by atoms with van der Waals surface area (Å²) in [5.74, 6) is 1.04. The number of carbonyl (C=O) groups is 1. The first-order valence-corrected chi connectivity index (χ1v) is 15.5. The lowest BCUT2D eigenvalue weighted by Gasteiger charge is -2.36. The SMILES string of the molecule is CC(C)(C)OC(=O)N(CCc1cnc(C(O)(c2ccccc2)C2CCCCC2)o1)Cc1cc(CCBr)cs1. The molecule has 0 aliphatic heterocycles. The quantitative estimate of drug-likeness (QED) is 0.244. The molecule has 0 saturated heterocycles. The normalized spacial score (nSPS) is 16.2. The second-order valence-corrected chi connectivity index (χ2v) is 12.9. The number of hydrogen-bond donors (Lipinski definition) is 1. The van der Waals surface area contributed by atoms with E-state index >= 15 is 0 Å². The fourth-order valence-corrected chi connectivity index (χ4v) is 6.49. The van der Waals surface area contributed by atoms with Gasteiger partial charge in [0.1, 0.15) is 11.4 Å². The van der Waals surface area contributed by atoms with Gasteiger partial charge in [0.05, 0.1) is 12.7 Å². The molecule has 1 saturated carbocycles. The van der Waals surface area contributed by atoms with Gasteiger partial charge in [0, 0.05) is 29.1 Å². The third-order valence-electron chi connectivity index (χ3n) is 7.01. The van der Waals surface area contributed by atoms with Crippen molar-refractivity contribution in [2.45, 2.75) is 83.5 Å². The van der Waals surface area contributed by atoms with Gasteiger partial charge in [-0.25, -0.2) is 9.78 Å². The first kappa shape index (κ1) is 28.8. The van der Waals surface area contributed by atoms with E-state index in [2.05, 4.69) is 32.4 Å². The number of benzene rings is 1. The number of rotatable bonds is 10. The number of aliphatic hydroxyl groups is 1. The summed E-state index contributed by atoms with van der Waals surface area (Å²) < 4.78 is 11.9. The Kier molecular flexibility index (Phi) is 9.71. The standard InChI is InChI=1S/C30H39BrN2O4S/c1-29(2,3)37-28(34)33(20-26-18-22(14-16-31)21-38-26)17-15-25-19-32-27(36-25)30(35,23-10-6-4-7-11-23)24-12-8-5-9-13-24/h4,6-7,10-11,18-19,21,24,35H,5,8-9,12-17,20H2,1-3H3. The van der Waals surface area contributed by atoms with Crippen LogP contribution >= 0.6 is 27.3 Å². The zero-order chi connectivity index (χ0) is 27.2. The van der Waals surface area contributed by atoms with Crippen molar-refractivity contribution in [1.82, 2.24) is 9.88 Å². The summed E-state index contributed by atoms with van der Waals surface area (Å²) in [6.45, 7) is 6.52. The summed E-state index contributed by atoms with van der Waals surface area (Å²) in [4.78, 5) is 20.5. The van der Waals surface area contributed by atoms with Crippen molar-refractivity contribution in [1.29, 1.82) is 0 Å². The topological polar surface area (TPSA) is 75.8 Å². The maximum Gasteiger partial charge on any atom is 0.410 e. The van der Waals surface area contributed by atoms with E-state index in [0.29, 0.717) is 31.2 Å². The van der Waals surface area contributed by atoms with Gasteiger partial charge in [0.2, 0.25) is 5.89 Å². The Morgan fingerprint density at radius 2 is 1.92 bits per heavy atom. The molecule has 38 heavy (non-hydrogen) atoms. The van der Waals surface area contributed by atoms with Crippen molar-refractivity contribution >= 4 is 33.4 Å². The molecule has 6 nitrogen and oxygen atoms in total. The Morgan fingerprint density at radius 3 is 2.61 bits per heavy atom. The Hall–Kier alpha value is -2.16. The molecule has 0 spiro atoms. The van der Waals surface area contributed by atoms with Crippen molar-refractivity contribution < 1.29 is 19.1 Å². The molecule has 1 fully saturated rings. The van der Waals surface area contributed by atoms with Gasteiger partial charge < -0.3 is 19.2 Å². The molecule has 1 amide bonds. The number of carbonyl (C=O) groups excluding carboxylic acids is 1. The number of ether oxygens (including phenoxy) is 1. The Balaban J connectivity index is 1.52. The zero-order valence-electron chi connectivity index (χ0n) is 22.6. The number of aryl methyl sites for hydroxylation is 1. The fraction of sp³-hybridized carbons (Fsp3) is 0.533. The molecule has 1 unspecified atom stereocenters. The molecule has 2 aromatic heterocycles. The highest BCUT2D eigenvalue weighted by Crippen LogP contribution is 2.43. The predicted octanol–water partition coefficient (Wildman–Crippen LogP) is 7.47. The molecule has 8 heteroatoms. The molecule has 1 aliphatic carbocycles. The van der Waals surface area contributed by atoms with Crippen molar-refractivity contribution in [3.8, 4) is 0 Å². The molecule has 0 bridgehead atoms. The minimum Gasteiger partial charge on any atom is -0.444 e. The number of alkyl halides is 1. The monoisotopic (exact) mass is 602 g/mol. The molecule has 1 aromatic carbocycles. The van der Waals surface area contributed by atoms with E-state index in [-0.39, 0.29) is 12.0 Å². The van der Waals surface area contributed by atoms with Gasteiger partial charge in [-0.2, -0.15) is 0 Å². The third-order valence-corrected chi connectivity index (χ3v) is 8.37. The molecule has 4 rings (SSSR count). The summed E-state index contributed by atoms with van der Waals surface area (Å²) in [6, 6.07) is 11.9. The van der Waals surface area contributed by atoms with E-state index in [0.717, 1.165) is 47.9 Å². The lowest BCUT2D eigenvalue weighted by atomic mass is 9.73. The largest absolute Gasteiger partial charge is 0.444 e. The van der Waals surface area contributed by atoms with Crippen molar-refractivity contribution in [3.05, 3.63) is 75.6 Å². The highest BCUT2D eigenvalue weighted by atomic mass is 79.9. The predicted molar refractivity (Wildman–Crippen MR) is 155 cm³/mol. The summed E-state index contributed by atoms with van der Waals surface area (Å²) in [5.41, 5.74) is 0.215. The lowest BCUT2D eigenvalue weighted by molar-refractivity contribution is -0.0240. The average Bonchev–Trinajstić information content (AvgIpc) is 3.56. The van der Waals surface area contributed by atoms with Crippen LogP contribution in [-0.2, 0) is 29.7 Å². The van der Waals surface area contributed by atoms with Gasteiger partial charge >= 0.3 is 6.09 Å². The van der Waals surface area contributed by atoms with Crippen LogP contribution in [0, 0.1) is 5.92 Å². The second-order valence-electron chi connectivity index (χ2n) is 11.1. The number of thiophene rings is 1. The number of aromatic nitrogens is 1. The average molecular weight is 604 g/mol. The van der Waals surface area contributed by atoms with E-state index in [4.69, 9.17) is 9.15 Å². The molecular formula is C30H39BrN2O4S. The van der Waals surface area contributed by atoms with Crippen LogP contribution < -0.4 is 0 Å². The van der Waals surface area contributed by atoms with Crippen LogP contribution in [0.1, 0.15) is 80.5 Å². The summed E-state index contributed by atoms with van der Waals surface area (Å²) in [7, 11) is 0. The Bertz CT molecular complexity index is 1170. The van der Waals surface area contributed by atoms with Gasteiger partial charge in [-0.05, 0) is 62.6 Å². The van der Waals surface area contributed by atoms with Crippen molar-refractivity contribution in [2.75, 3.05) is 11.9 Å². The Morgan fingerprint density at radius 1 is 1.18 bits per heavy atom. The van der Waals surface area contributed by atoms with E-state index < -0.39 is 11.2 Å². The summed E-state index contributed by atoms with van der Waals surface area (Å²) in [5, 5.41) is 15.1. The van der Waals surface area contributed by atoms with Gasteiger partial charge in [0.25, 0.3) is 0 Å². The van der Waals surface area contributed by atoms with Crippen LogP contribution in [-0.4, -0.2) is 38.6 Å². The molecule has 3 aromatic rings. The maximum atomic E-state index is 13.1. The number of oxazole rings is 1. The maximum absolute atomic E-state index is 13.1. The zero-order valence-corrected chi connectivity index (χ0v) is 25.0. The van der Waals surface area contributed by atoms with E-state index in [9.17, 15) is 9.90 Å². The van der Waals surface area contributed by atoms with E-state index in [1.165, 1.54) is 12.0 Å².